The highest BCUT2D eigenvalue weighted by Crippen LogP contribution is 2.16. The molecule has 0 bridgehead atoms. The van der Waals surface area contributed by atoms with E-state index in [-0.39, 0.29) is 5.91 Å². The van der Waals surface area contributed by atoms with E-state index in [1.165, 1.54) is 0 Å². The molecule has 0 saturated heterocycles. The molecule has 3 aromatic rings. The predicted octanol–water partition coefficient (Wildman–Crippen LogP) is 2.22. The van der Waals surface area contributed by atoms with Crippen molar-refractivity contribution in [3.63, 3.8) is 0 Å². The normalized spacial score (nSPS) is 10.8. The number of nitrogens with one attached hydrogen (secondary N) is 1. The van der Waals surface area contributed by atoms with Gasteiger partial charge in [-0.3, -0.25) is 14.5 Å². The summed E-state index contributed by atoms with van der Waals surface area (Å²) in [6, 6.07) is 3.88. The lowest BCUT2D eigenvalue weighted by Crippen LogP contribution is -2.23. The molecule has 0 fully saturated rings. The molecule has 0 aromatic carbocycles. The van der Waals surface area contributed by atoms with Crippen LogP contribution in [-0.4, -0.2) is 30.3 Å². The van der Waals surface area contributed by atoms with E-state index in [4.69, 9.17) is 0 Å². The molecule has 3 rings (SSSR count). The van der Waals surface area contributed by atoms with Gasteiger partial charge in [0.1, 0.15) is 4.88 Å². The Labute approximate surface area is 143 Å². The van der Waals surface area contributed by atoms with Crippen molar-refractivity contribution in [2.75, 3.05) is 0 Å². The Bertz CT molecular complexity index is 823. The van der Waals surface area contributed by atoms with Crippen molar-refractivity contribution >= 4 is 17.4 Å². The summed E-state index contributed by atoms with van der Waals surface area (Å²) in [4.78, 5) is 17.3. The number of carbonyl (C=O) groups is 1. The van der Waals surface area contributed by atoms with Crippen LogP contribution < -0.4 is 5.32 Å². The molecule has 7 nitrogen and oxygen atoms in total. The summed E-state index contributed by atoms with van der Waals surface area (Å²) in [5.41, 5.74) is 3.53. The minimum absolute atomic E-state index is 0.134. The monoisotopic (exact) mass is 342 g/mol. The van der Waals surface area contributed by atoms with Crippen LogP contribution in [-0.2, 0) is 20.0 Å². The highest BCUT2D eigenvalue weighted by Gasteiger charge is 2.15. The molecule has 8 heteroatoms. The van der Waals surface area contributed by atoms with Crippen molar-refractivity contribution in [1.82, 2.24) is 29.7 Å². The second kappa shape index (κ2) is 7.31. The van der Waals surface area contributed by atoms with Gasteiger partial charge in [-0.15, -0.1) is 5.10 Å². The Balaban J connectivity index is 1.62. The second-order valence-electron chi connectivity index (χ2n) is 5.44. The van der Waals surface area contributed by atoms with Crippen LogP contribution in [0.4, 0.5) is 0 Å². The average molecular weight is 342 g/mol. The van der Waals surface area contributed by atoms with Gasteiger partial charge in [0.15, 0.2) is 0 Å². The molecule has 3 aromatic heterocycles. The van der Waals surface area contributed by atoms with Crippen LogP contribution in [0.25, 0.3) is 11.3 Å². The maximum absolute atomic E-state index is 12.3. The average Bonchev–Trinajstić information content (AvgIpc) is 3.23. The van der Waals surface area contributed by atoms with Gasteiger partial charge < -0.3 is 5.32 Å². The van der Waals surface area contributed by atoms with E-state index in [0.717, 1.165) is 46.9 Å². The third-order valence-electron chi connectivity index (χ3n) is 3.53. The van der Waals surface area contributed by atoms with Crippen LogP contribution in [0.1, 0.15) is 34.3 Å². The highest BCUT2D eigenvalue weighted by molar-refractivity contribution is 7.08. The topological polar surface area (TPSA) is 85.6 Å². The number of carbonyl (C=O) groups excluding carboxylic acids is 1. The Kier molecular flexibility index (Phi) is 4.95. The highest BCUT2D eigenvalue weighted by atomic mass is 32.1. The van der Waals surface area contributed by atoms with Gasteiger partial charge in [-0.1, -0.05) is 23.9 Å². The molecule has 0 spiro atoms. The molecule has 0 radical (unpaired) electrons. The van der Waals surface area contributed by atoms with Gasteiger partial charge in [0.25, 0.3) is 5.91 Å². The SMILES string of the molecule is CCCc1nnsc1C(=O)NCc1ccc(-c2cnn(C)c2)nc1. The van der Waals surface area contributed by atoms with Crippen LogP contribution >= 0.6 is 11.5 Å². The maximum atomic E-state index is 12.3. The summed E-state index contributed by atoms with van der Waals surface area (Å²) in [5.74, 6) is -0.134. The number of pyridine rings is 1. The Morgan fingerprint density at radius 1 is 1.33 bits per heavy atom. The van der Waals surface area contributed by atoms with Crippen molar-refractivity contribution in [3.05, 3.63) is 46.9 Å². The first kappa shape index (κ1) is 16.3. The van der Waals surface area contributed by atoms with Gasteiger partial charge in [-0.25, -0.2) is 0 Å². The third-order valence-corrected chi connectivity index (χ3v) is 4.29. The summed E-state index contributed by atoms with van der Waals surface area (Å²) >= 11 is 1.14. The zero-order valence-electron chi connectivity index (χ0n) is 13.6. The maximum Gasteiger partial charge on any atom is 0.265 e. The number of hydrogen-bond acceptors (Lipinski definition) is 6. The predicted molar refractivity (Wildman–Crippen MR) is 91.5 cm³/mol. The van der Waals surface area contributed by atoms with Gasteiger partial charge in [0.05, 0.1) is 17.6 Å². The summed E-state index contributed by atoms with van der Waals surface area (Å²) in [6.07, 6.45) is 7.15. The van der Waals surface area contributed by atoms with E-state index in [1.807, 2.05) is 25.4 Å². The first-order chi connectivity index (χ1) is 11.7. The van der Waals surface area contributed by atoms with Gasteiger partial charge in [0, 0.05) is 31.5 Å². The Morgan fingerprint density at radius 2 is 2.21 bits per heavy atom. The number of hydrogen-bond donors (Lipinski definition) is 1. The van der Waals surface area contributed by atoms with Crippen LogP contribution in [0, 0.1) is 0 Å². The molecule has 1 N–H and O–H groups in total. The van der Waals surface area contributed by atoms with Crippen LogP contribution in [0.5, 0.6) is 0 Å². The molecular weight excluding hydrogens is 324 g/mol. The molecule has 24 heavy (non-hydrogen) atoms. The fourth-order valence-electron chi connectivity index (χ4n) is 2.30. The number of rotatable bonds is 6. The fraction of sp³-hybridized carbons (Fsp3) is 0.312. The zero-order chi connectivity index (χ0) is 16.9. The molecule has 0 aliphatic heterocycles. The van der Waals surface area contributed by atoms with Gasteiger partial charge in [-0.2, -0.15) is 5.10 Å². The minimum atomic E-state index is -0.134. The summed E-state index contributed by atoms with van der Waals surface area (Å²) in [6.45, 7) is 2.47. The molecule has 0 unspecified atom stereocenters. The Hall–Kier alpha value is -2.61. The van der Waals surface area contributed by atoms with E-state index >= 15 is 0 Å². The first-order valence-corrected chi connectivity index (χ1v) is 8.48. The second-order valence-corrected chi connectivity index (χ2v) is 6.19. The van der Waals surface area contributed by atoms with Crippen molar-refractivity contribution < 1.29 is 4.79 Å². The first-order valence-electron chi connectivity index (χ1n) is 7.70. The smallest absolute Gasteiger partial charge is 0.265 e. The molecule has 0 atom stereocenters. The molecule has 0 aliphatic carbocycles. The summed E-state index contributed by atoms with van der Waals surface area (Å²) in [7, 11) is 1.87. The lowest BCUT2D eigenvalue weighted by atomic mass is 10.2. The van der Waals surface area contributed by atoms with Crippen LogP contribution in [0.3, 0.4) is 0 Å². The zero-order valence-corrected chi connectivity index (χ0v) is 14.4. The molecule has 1 amide bonds. The fourth-order valence-corrected chi connectivity index (χ4v) is 2.92. The largest absolute Gasteiger partial charge is 0.347 e. The minimum Gasteiger partial charge on any atom is -0.347 e. The van der Waals surface area contributed by atoms with Crippen LogP contribution in [0.2, 0.25) is 0 Å². The van der Waals surface area contributed by atoms with Gasteiger partial charge in [0.2, 0.25) is 0 Å². The molecule has 124 valence electrons. The van der Waals surface area contributed by atoms with Crippen molar-refractivity contribution in [3.8, 4) is 11.3 Å². The van der Waals surface area contributed by atoms with Gasteiger partial charge >= 0.3 is 0 Å². The molecule has 0 aliphatic rings. The van der Waals surface area contributed by atoms with Crippen molar-refractivity contribution in [2.45, 2.75) is 26.3 Å². The molecular formula is C16H18N6OS. The van der Waals surface area contributed by atoms with E-state index in [9.17, 15) is 4.79 Å². The number of aromatic nitrogens is 5. The molecule has 0 saturated carbocycles. The number of amides is 1. The summed E-state index contributed by atoms with van der Waals surface area (Å²) < 4.78 is 5.61. The van der Waals surface area contributed by atoms with Gasteiger partial charge in [-0.05, 0) is 29.6 Å². The van der Waals surface area contributed by atoms with E-state index in [0.29, 0.717) is 11.4 Å². The van der Waals surface area contributed by atoms with E-state index in [1.54, 1.807) is 17.1 Å². The standard InChI is InChI=1S/C16H18N6OS/c1-3-4-14-15(24-21-20-14)16(23)18-8-11-5-6-13(17-7-11)12-9-19-22(2)10-12/h5-7,9-10H,3-4,8H2,1-2H3,(H,18,23). The van der Waals surface area contributed by atoms with Crippen molar-refractivity contribution in [2.24, 2.45) is 7.05 Å². The van der Waals surface area contributed by atoms with Crippen LogP contribution in [0.15, 0.2) is 30.7 Å². The molecule has 3 heterocycles. The number of aryl methyl sites for hydroxylation is 2. The quantitative estimate of drug-likeness (QED) is 0.742. The Morgan fingerprint density at radius 3 is 2.88 bits per heavy atom. The summed E-state index contributed by atoms with van der Waals surface area (Å²) in [5, 5.41) is 11.1. The van der Waals surface area contributed by atoms with E-state index < -0.39 is 0 Å². The number of nitrogens with zero attached hydrogens (tertiary/aromatic N) is 5. The lowest BCUT2D eigenvalue weighted by molar-refractivity contribution is 0.0954. The van der Waals surface area contributed by atoms with E-state index in [2.05, 4.69) is 31.9 Å². The lowest BCUT2D eigenvalue weighted by Gasteiger charge is -2.05. The van der Waals surface area contributed by atoms with Crippen molar-refractivity contribution in [1.29, 1.82) is 0 Å². The third kappa shape index (κ3) is 3.65.